The lowest BCUT2D eigenvalue weighted by molar-refractivity contribution is -0.386. The number of carbonyl (C=O) groups is 1. The molecule has 0 aromatic heterocycles. The van der Waals surface area contributed by atoms with Gasteiger partial charge in [0, 0.05) is 17.2 Å². The second kappa shape index (κ2) is 7.86. The van der Waals surface area contributed by atoms with Crippen LogP contribution in [0.1, 0.15) is 21.5 Å². The molecule has 2 rings (SSSR count). The summed E-state index contributed by atoms with van der Waals surface area (Å²) in [6, 6.07) is 8.60. The third-order valence-electron chi connectivity index (χ3n) is 2.84. The number of carbonyl (C=O) groups excluding carboxylic acids is 1. The number of nitro benzene ring substituents is 1. The molecule has 0 aliphatic heterocycles. The monoisotopic (exact) mass is 371 g/mol. The van der Waals surface area contributed by atoms with Gasteiger partial charge in [0.1, 0.15) is 0 Å². The summed E-state index contributed by atoms with van der Waals surface area (Å²) in [7, 11) is -4.64. The first-order chi connectivity index (χ1) is 11.4. The lowest BCUT2D eigenvalue weighted by Crippen LogP contribution is -2.02. The van der Waals surface area contributed by atoms with Gasteiger partial charge in [0.25, 0.3) is 0 Å². The number of hydrogen-bond donors (Lipinski definition) is 5. The number of nitro groups is 1. The summed E-state index contributed by atoms with van der Waals surface area (Å²) in [4.78, 5) is 43.6. The molecule has 134 valence electrons. The summed E-state index contributed by atoms with van der Waals surface area (Å²) in [5.74, 6) is -2.02. The molecular formula is C14H14NO9P. The average molecular weight is 371 g/mol. The molecule has 0 saturated carbocycles. The van der Waals surface area contributed by atoms with Crippen LogP contribution < -0.4 is 0 Å². The van der Waals surface area contributed by atoms with Crippen LogP contribution in [0.15, 0.2) is 36.4 Å². The van der Waals surface area contributed by atoms with E-state index in [-0.39, 0.29) is 5.56 Å². The Bertz CT molecular complexity index is 834. The van der Waals surface area contributed by atoms with Crippen LogP contribution in [0.5, 0.6) is 11.5 Å². The fourth-order valence-electron chi connectivity index (χ4n) is 1.75. The predicted octanol–water partition coefficient (Wildman–Crippen LogP) is 1.62. The highest BCUT2D eigenvalue weighted by Gasteiger charge is 2.22. The van der Waals surface area contributed by atoms with Gasteiger partial charge < -0.3 is 24.9 Å². The maximum Gasteiger partial charge on any atom is 0.466 e. The van der Waals surface area contributed by atoms with Crippen LogP contribution in [0, 0.1) is 17.0 Å². The lowest BCUT2D eigenvalue weighted by atomic mass is 10.0. The van der Waals surface area contributed by atoms with Crippen LogP contribution in [0.25, 0.3) is 0 Å². The third-order valence-corrected chi connectivity index (χ3v) is 2.84. The average Bonchev–Trinajstić information content (AvgIpc) is 2.48. The van der Waals surface area contributed by atoms with Crippen molar-refractivity contribution in [1.82, 2.24) is 0 Å². The Morgan fingerprint density at radius 3 is 1.96 bits per heavy atom. The Hall–Kier alpha value is -2.78. The van der Waals surface area contributed by atoms with Crippen molar-refractivity contribution in [3.05, 3.63) is 63.2 Å². The smallest absolute Gasteiger partial charge is 0.466 e. The van der Waals surface area contributed by atoms with E-state index in [2.05, 4.69) is 0 Å². The number of rotatable bonds is 3. The summed E-state index contributed by atoms with van der Waals surface area (Å²) in [6.07, 6.45) is 0. The number of phenols is 2. The minimum Gasteiger partial charge on any atom is -0.504 e. The first-order valence-electron chi connectivity index (χ1n) is 6.50. The van der Waals surface area contributed by atoms with E-state index >= 15 is 0 Å². The summed E-state index contributed by atoms with van der Waals surface area (Å²) < 4.78 is 8.88. The Kier molecular flexibility index (Phi) is 6.37. The van der Waals surface area contributed by atoms with Gasteiger partial charge in [-0.1, -0.05) is 29.8 Å². The van der Waals surface area contributed by atoms with Gasteiger partial charge in [-0.15, -0.1) is 0 Å². The molecule has 2 aromatic carbocycles. The van der Waals surface area contributed by atoms with E-state index < -0.39 is 35.7 Å². The maximum absolute atomic E-state index is 12.2. The number of phosphoric acid groups is 1. The largest absolute Gasteiger partial charge is 0.504 e. The van der Waals surface area contributed by atoms with Crippen LogP contribution >= 0.6 is 7.82 Å². The summed E-state index contributed by atoms with van der Waals surface area (Å²) in [5.41, 5.74) is 0.549. The third kappa shape index (κ3) is 6.32. The highest BCUT2D eigenvalue weighted by molar-refractivity contribution is 7.45. The van der Waals surface area contributed by atoms with Gasteiger partial charge in [0.15, 0.2) is 11.5 Å². The molecule has 0 bridgehead atoms. The second-order valence-electron chi connectivity index (χ2n) is 4.83. The molecule has 0 amide bonds. The van der Waals surface area contributed by atoms with Crippen LogP contribution in [0.2, 0.25) is 0 Å². The van der Waals surface area contributed by atoms with Crippen molar-refractivity contribution in [2.24, 2.45) is 0 Å². The van der Waals surface area contributed by atoms with E-state index in [0.29, 0.717) is 5.56 Å². The van der Waals surface area contributed by atoms with Gasteiger partial charge in [-0.05, 0) is 13.0 Å². The van der Waals surface area contributed by atoms with Gasteiger partial charge >= 0.3 is 13.5 Å². The lowest BCUT2D eigenvalue weighted by Gasteiger charge is -2.05. The van der Waals surface area contributed by atoms with Crippen LogP contribution in [0.3, 0.4) is 0 Å². The minimum atomic E-state index is -4.64. The zero-order valence-electron chi connectivity index (χ0n) is 12.7. The molecule has 0 aliphatic rings. The van der Waals surface area contributed by atoms with Crippen LogP contribution in [-0.2, 0) is 4.57 Å². The first-order valence-corrected chi connectivity index (χ1v) is 8.06. The van der Waals surface area contributed by atoms with E-state index in [9.17, 15) is 25.1 Å². The van der Waals surface area contributed by atoms with Crippen LogP contribution in [0.4, 0.5) is 5.69 Å². The molecule has 0 radical (unpaired) electrons. The maximum atomic E-state index is 12.2. The van der Waals surface area contributed by atoms with Gasteiger partial charge in [-0.25, -0.2) is 4.57 Å². The van der Waals surface area contributed by atoms with E-state index in [0.717, 1.165) is 17.7 Å². The predicted molar refractivity (Wildman–Crippen MR) is 85.3 cm³/mol. The minimum absolute atomic E-state index is 0.0594. The Morgan fingerprint density at radius 2 is 1.52 bits per heavy atom. The van der Waals surface area contributed by atoms with Gasteiger partial charge in [0.05, 0.1) is 4.92 Å². The molecule has 0 spiro atoms. The Balaban J connectivity index is 0.000000550. The van der Waals surface area contributed by atoms with Crippen molar-refractivity contribution < 1.29 is 39.2 Å². The van der Waals surface area contributed by atoms with Crippen LogP contribution in [-0.4, -0.2) is 35.6 Å². The number of ketones is 1. The van der Waals surface area contributed by atoms with Crippen molar-refractivity contribution in [1.29, 1.82) is 0 Å². The fraction of sp³-hybridized carbons (Fsp3) is 0.0714. The van der Waals surface area contributed by atoms with Crippen molar-refractivity contribution in [3.63, 3.8) is 0 Å². The van der Waals surface area contributed by atoms with Gasteiger partial charge in [-0.2, -0.15) is 0 Å². The molecular weight excluding hydrogens is 357 g/mol. The number of hydrogen-bond acceptors (Lipinski definition) is 6. The normalized spacial score (nSPS) is 10.6. The molecule has 0 aliphatic carbocycles. The number of aromatic hydroxyl groups is 2. The van der Waals surface area contributed by atoms with Crippen molar-refractivity contribution in [2.75, 3.05) is 0 Å². The van der Waals surface area contributed by atoms with E-state index in [1.54, 1.807) is 24.3 Å². The summed E-state index contributed by atoms with van der Waals surface area (Å²) >= 11 is 0. The molecule has 5 N–H and O–H groups in total. The fourth-order valence-corrected chi connectivity index (χ4v) is 1.75. The Labute approximate surface area is 141 Å². The quantitative estimate of drug-likeness (QED) is 0.176. The van der Waals surface area contributed by atoms with Crippen molar-refractivity contribution in [2.45, 2.75) is 6.92 Å². The molecule has 0 fully saturated rings. The standard InChI is InChI=1S/C14H11NO5.H3O4P/c1-8-2-4-9(5-3-8)13(17)10-6-11(15(19)20)14(18)12(16)7-10;1-5(2,3)4/h2-7,16,18H,1H3;(H3,1,2,3,4). The van der Waals surface area contributed by atoms with Crippen molar-refractivity contribution >= 4 is 19.3 Å². The molecule has 0 saturated heterocycles. The number of nitrogens with zero attached hydrogens (tertiary/aromatic N) is 1. The van der Waals surface area contributed by atoms with E-state index in [4.69, 9.17) is 19.2 Å². The molecule has 11 heteroatoms. The summed E-state index contributed by atoms with van der Waals surface area (Å²) in [6.45, 7) is 1.87. The number of phenolic OH excluding ortho intramolecular Hbond substituents is 2. The number of benzene rings is 2. The molecule has 2 aromatic rings. The molecule has 0 atom stereocenters. The summed E-state index contributed by atoms with van der Waals surface area (Å²) in [5, 5.41) is 29.6. The highest BCUT2D eigenvalue weighted by Crippen LogP contribution is 2.36. The molecule has 0 unspecified atom stereocenters. The number of aryl methyl sites for hydroxylation is 1. The second-order valence-corrected chi connectivity index (χ2v) is 5.86. The van der Waals surface area contributed by atoms with E-state index in [1.807, 2.05) is 6.92 Å². The van der Waals surface area contributed by atoms with E-state index in [1.165, 1.54) is 0 Å². The zero-order chi connectivity index (χ0) is 19.4. The first kappa shape index (κ1) is 20.3. The molecule has 0 heterocycles. The van der Waals surface area contributed by atoms with Gasteiger partial charge in [-0.3, -0.25) is 14.9 Å². The molecule has 10 nitrogen and oxygen atoms in total. The van der Waals surface area contributed by atoms with Gasteiger partial charge in [0.2, 0.25) is 5.75 Å². The SMILES string of the molecule is Cc1ccc(C(=O)c2cc(O)c(O)c([N+](=O)[O-])c2)cc1.O=P(O)(O)O. The molecule has 25 heavy (non-hydrogen) atoms. The zero-order valence-corrected chi connectivity index (χ0v) is 13.6. The Morgan fingerprint density at radius 1 is 1.04 bits per heavy atom. The highest BCUT2D eigenvalue weighted by atomic mass is 31.2. The topological polar surface area (TPSA) is 178 Å². The van der Waals surface area contributed by atoms with Crippen molar-refractivity contribution in [3.8, 4) is 11.5 Å².